The summed E-state index contributed by atoms with van der Waals surface area (Å²) in [6.45, 7) is 5.72. The van der Waals surface area contributed by atoms with Crippen LogP contribution in [0.1, 0.15) is 52.2 Å². The quantitative estimate of drug-likeness (QED) is 0.821. The number of aromatic amines is 1. The third-order valence-corrected chi connectivity index (χ3v) is 4.57. The number of rotatable bonds is 5. The number of nitrogens with one attached hydrogen (secondary N) is 2. The number of pyridine rings is 1. The zero-order valence-corrected chi connectivity index (χ0v) is 14.6. The Morgan fingerprint density at radius 2 is 1.68 bits per heavy atom. The predicted molar refractivity (Wildman–Crippen MR) is 95.8 cm³/mol. The van der Waals surface area contributed by atoms with Crippen molar-refractivity contribution in [3.8, 4) is 0 Å². The largest absolute Gasteiger partial charge is 0.360 e. The van der Waals surface area contributed by atoms with E-state index in [1.807, 2.05) is 20.8 Å². The number of nitrogens with zero attached hydrogens (tertiary/aromatic N) is 1. The molecule has 3 rings (SSSR count). The lowest BCUT2D eigenvalue weighted by molar-refractivity contribution is 0.0599. The van der Waals surface area contributed by atoms with Crippen molar-refractivity contribution in [1.29, 1.82) is 0 Å². The van der Waals surface area contributed by atoms with Crippen LogP contribution in [0.15, 0.2) is 35.1 Å². The van der Waals surface area contributed by atoms with Gasteiger partial charge in [0.25, 0.3) is 17.4 Å². The first-order valence-corrected chi connectivity index (χ1v) is 8.44. The SMILES string of the molecule is CCc1cc(NC(CC)N2C(=O)c3ccccc3C2=O)c(=O)[nH]c1C. The molecule has 1 aliphatic rings. The molecule has 1 aromatic carbocycles. The number of carbonyl (C=O) groups excluding carboxylic acids is 2. The molecule has 1 aromatic heterocycles. The van der Waals surface area contributed by atoms with E-state index in [1.54, 1.807) is 30.3 Å². The fourth-order valence-electron chi connectivity index (χ4n) is 3.16. The van der Waals surface area contributed by atoms with Gasteiger partial charge in [-0.3, -0.25) is 19.3 Å². The first-order valence-electron chi connectivity index (χ1n) is 8.44. The highest BCUT2D eigenvalue weighted by Crippen LogP contribution is 2.26. The van der Waals surface area contributed by atoms with Crippen LogP contribution in [-0.4, -0.2) is 27.9 Å². The lowest BCUT2D eigenvalue weighted by Gasteiger charge is -2.27. The summed E-state index contributed by atoms with van der Waals surface area (Å²) in [5.74, 6) is -0.668. The van der Waals surface area contributed by atoms with Crippen LogP contribution in [0.5, 0.6) is 0 Å². The van der Waals surface area contributed by atoms with Crippen LogP contribution in [-0.2, 0) is 6.42 Å². The molecule has 1 aliphatic heterocycles. The molecular weight excluding hydrogens is 318 g/mol. The summed E-state index contributed by atoms with van der Waals surface area (Å²) in [5.41, 5.74) is 2.75. The maximum Gasteiger partial charge on any atom is 0.271 e. The second-order valence-corrected chi connectivity index (χ2v) is 6.11. The molecule has 1 unspecified atom stereocenters. The Labute approximate surface area is 145 Å². The van der Waals surface area contributed by atoms with Gasteiger partial charge >= 0.3 is 0 Å². The monoisotopic (exact) mass is 339 g/mol. The Balaban J connectivity index is 1.94. The Morgan fingerprint density at radius 1 is 1.08 bits per heavy atom. The minimum absolute atomic E-state index is 0.259. The van der Waals surface area contributed by atoms with Crippen molar-refractivity contribution in [2.45, 2.75) is 39.8 Å². The van der Waals surface area contributed by atoms with Crippen LogP contribution < -0.4 is 10.9 Å². The number of anilines is 1. The zero-order valence-electron chi connectivity index (χ0n) is 14.6. The van der Waals surface area contributed by atoms with Crippen LogP contribution in [0.2, 0.25) is 0 Å². The van der Waals surface area contributed by atoms with Crippen LogP contribution in [0.4, 0.5) is 5.69 Å². The van der Waals surface area contributed by atoms with Crippen molar-refractivity contribution in [1.82, 2.24) is 9.88 Å². The Kier molecular flexibility index (Phi) is 4.44. The van der Waals surface area contributed by atoms with Gasteiger partial charge in [-0.05, 0) is 43.5 Å². The van der Waals surface area contributed by atoms with Gasteiger partial charge < -0.3 is 10.3 Å². The molecule has 0 radical (unpaired) electrons. The van der Waals surface area contributed by atoms with E-state index in [0.717, 1.165) is 17.7 Å². The summed E-state index contributed by atoms with van der Waals surface area (Å²) in [6.07, 6.45) is 0.683. The molecule has 0 bridgehead atoms. The van der Waals surface area contributed by atoms with Gasteiger partial charge in [0.2, 0.25) is 0 Å². The molecule has 0 saturated carbocycles. The first-order chi connectivity index (χ1) is 12.0. The van der Waals surface area contributed by atoms with Gasteiger partial charge in [-0.2, -0.15) is 0 Å². The topological polar surface area (TPSA) is 82.3 Å². The molecule has 2 aromatic rings. The van der Waals surface area contributed by atoms with Gasteiger partial charge in [0.1, 0.15) is 11.9 Å². The molecule has 0 aliphatic carbocycles. The summed E-state index contributed by atoms with van der Waals surface area (Å²) >= 11 is 0. The second-order valence-electron chi connectivity index (χ2n) is 6.11. The fourth-order valence-corrected chi connectivity index (χ4v) is 3.16. The number of benzene rings is 1. The van der Waals surface area contributed by atoms with Crippen molar-refractivity contribution >= 4 is 17.5 Å². The van der Waals surface area contributed by atoms with E-state index in [2.05, 4.69) is 10.3 Å². The van der Waals surface area contributed by atoms with E-state index in [4.69, 9.17) is 0 Å². The molecule has 2 heterocycles. The van der Waals surface area contributed by atoms with Gasteiger partial charge in [-0.15, -0.1) is 0 Å². The Bertz CT molecular complexity index is 866. The van der Waals surface area contributed by atoms with Crippen LogP contribution in [0, 0.1) is 6.92 Å². The maximum atomic E-state index is 12.6. The highest BCUT2D eigenvalue weighted by molar-refractivity contribution is 6.21. The van der Waals surface area contributed by atoms with Crippen molar-refractivity contribution in [3.63, 3.8) is 0 Å². The fraction of sp³-hybridized carbons (Fsp3) is 0.316. The molecule has 130 valence electrons. The summed E-state index contributed by atoms with van der Waals surface area (Å²) < 4.78 is 0. The van der Waals surface area contributed by atoms with Crippen LogP contribution >= 0.6 is 0 Å². The number of hydrogen-bond acceptors (Lipinski definition) is 4. The smallest absolute Gasteiger partial charge is 0.271 e. The number of aromatic nitrogens is 1. The van der Waals surface area contributed by atoms with Gasteiger partial charge in [-0.1, -0.05) is 26.0 Å². The van der Waals surface area contributed by atoms with Gasteiger partial charge in [-0.25, -0.2) is 0 Å². The van der Waals surface area contributed by atoms with Gasteiger partial charge in [0.15, 0.2) is 0 Å². The van der Waals surface area contributed by atoms with E-state index in [0.29, 0.717) is 23.2 Å². The molecule has 1 atom stereocenters. The third kappa shape index (κ3) is 2.84. The lowest BCUT2D eigenvalue weighted by Crippen LogP contribution is -2.45. The number of fused-ring (bicyclic) bond motifs is 1. The van der Waals surface area contributed by atoms with Gasteiger partial charge in [0, 0.05) is 5.69 Å². The summed E-state index contributed by atoms with van der Waals surface area (Å²) in [5, 5.41) is 3.08. The molecular formula is C19H21N3O3. The first kappa shape index (κ1) is 17.0. The summed E-state index contributed by atoms with van der Waals surface area (Å²) in [4.78, 5) is 41.5. The van der Waals surface area contributed by atoms with E-state index in [1.165, 1.54) is 4.90 Å². The Hall–Kier alpha value is -2.89. The number of carbonyl (C=O) groups is 2. The predicted octanol–water partition coefficient (Wildman–Crippen LogP) is 2.69. The average Bonchev–Trinajstić information content (AvgIpc) is 2.86. The summed E-state index contributed by atoms with van der Waals surface area (Å²) in [7, 11) is 0. The molecule has 0 fully saturated rings. The molecule has 6 nitrogen and oxygen atoms in total. The molecule has 6 heteroatoms. The maximum absolute atomic E-state index is 12.6. The number of amides is 2. The van der Waals surface area contributed by atoms with Crippen molar-refractivity contribution in [2.24, 2.45) is 0 Å². The average molecular weight is 339 g/mol. The van der Waals surface area contributed by atoms with Crippen molar-refractivity contribution in [2.75, 3.05) is 5.32 Å². The minimum Gasteiger partial charge on any atom is -0.360 e. The van der Waals surface area contributed by atoms with E-state index in [-0.39, 0.29) is 17.4 Å². The van der Waals surface area contributed by atoms with E-state index < -0.39 is 6.17 Å². The third-order valence-electron chi connectivity index (χ3n) is 4.57. The standard InChI is InChI=1S/C19H21N3O3/c1-4-12-10-15(17(23)20-11(12)3)21-16(5-2)22-18(24)13-8-6-7-9-14(13)19(22)25/h6-10,16,21H,4-5H2,1-3H3,(H,20,23). The molecule has 25 heavy (non-hydrogen) atoms. The highest BCUT2D eigenvalue weighted by atomic mass is 16.2. The van der Waals surface area contributed by atoms with Crippen molar-refractivity contribution in [3.05, 3.63) is 63.1 Å². The number of aryl methyl sites for hydroxylation is 2. The van der Waals surface area contributed by atoms with Crippen molar-refractivity contribution < 1.29 is 9.59 Å². The second kappa shape index (κ2) is 6.55. The summed E-state index contributed by atoms with van der Waals surface area (Å²) in [6, 6.07) is 8.56. The minimum atomic E-state index is -0.582. The van der Waals surface area contributed by atoms with Crippen LogP contribution in [0.25, 0.3) is 0 Å². The molecule has 2 N–H and O–H groups in total. The number of imide groups is 1. The normalized spacial score (nSPS) is 14.6. The van der Waals surface area contributed by atoms with E-state index in [9.17, 15) is 14.4 Å². The number of H-pyrrole nitrogens is 1. The van der Waals surface area contributed by atoms with E-state index >= 15 is 0 Å². The van der Waals surface area contributed by atoms with Crippen LogP contribution in [0.3, 0.4) is 0 Å². The Morgan fingerprint density at radius 3 is 2.20 bits per heavy atom. The number of hydrogen-bond donors (Lipinski definition) is 2. The molecule has 2 amide bonds. The zero-order chi connectivity index (χ0) is 18.1. The van der Waals surface area contributed by atoms with Gasteiger partial charge in [0.05, 0.1) is 11.1 Å². The lowest BCUT2D eigenvalue weighted by atomic mass is 10.1. The molecule has 0 spiro atoms. The molecule has 0 saturated heterocycles. The highest BCUT2D eigenvalue weighted by Gasteiger charge is 2.39.